The summed E-state index contributed by atoms with van der Waals surface area (Å²) in [6.45, 7) is 4.28. The Labute approximate surface area is 78.9 Å². The molecular weight excluding hydrogens is 166 g/mol. The van der Waals surface area contributed by atoms with Crippen molar-refractivity contribution in [1.82, 2.24) is 0 Å². The summed E-state index contributed by atoms with van der Waals surface area (Å²) in [5.41, 5.74) is 7.29. The molecule has 0 bridgehead atoms. The second-order valence-electron chi connectivity index (χ2n) is 4.34. The molecule has 0 fully saturated rings. The molecule has 0 aliphatic heterocycles. The van der Waals surface area contributed by atoms with Crippen molar-refractivity contribution in [3.8, 4) is 0 Å². The molecule has 74 valence electrons. The van der Waals surface area contributed by atoms with Gasteiger partial charge in [-0.25, -0.2) is 4.79 Å². The van der Waals surface area contributed by atoms with Crippen LogP contribution in [0.5, 0.6) is 0 Å². The van der Waals surface area contributed by atoms with Gasteiger partial charge in [0.15, 0.2) is 0 Å². The Morgan fingerprint density at radius 1 is 1.54 bits per heavy atom. The van der Waals surface area contributed by atoms with Gasteiger partial charge in [0, 0.05) is 5.70 Å². The first-order valence-corrected chi connectivity index (χ1v) is 4.52. The van der Waals surface area contributed by atoms with Crippen LogP contribution in [0.15, 0.2) is 11.3 Å². The molecule has 0 spiro atoms. The SMILES string of the molecule is COC(=O)C1=C(N)CCC(C)(C)C1. The lowest BCUT2D eigenvalue weighted by molar-refractivity contribution is -0.136. The monoisotopic (exact) mass is 183 g/mol. The molecular formula is C10H17NO2. The third kappa shape index (κ3) is 2.23. The zero-order valence-electron chi connectivity index (χ0n) is 8.52. The molecule has 3 heteroatoms. The summed E-state index contributed by atoms with van der Waals surface area (Å²) in [5, 5.41) is 0. The number of esters is 1. The fraction of sp³-hybridized carbons (Fsp3) is 0.700. The number of hydrogen-bond donors (Lipinski definition) is 1. The Bertz CT molecular complexity index is 254. The van der Waals surface area contributed by atoms with E-state index in [4.69, 9.17) is 5.73 Å². The van der Waals surface area contributed by atoms with Gasteiger partial charge in [0.1, 0.15) is 0 Å². The van der Waals surface area contributed by atoms with Crippen LogP contribution < -0.4 is 5.73 Å². The molecule has 2 N–H and O–H groups in total. The number of carbonyl (C=O) groups excluding carboxylic acids is 1. The second-order valence-corrected chi connectivity index (χ2v) is 4.34. The molecule has 0 saturated carbocycles. The summed E-state index contributed by atoms with van der Waals surface area (Å²) in [5.74, 6) is -0.273. The van der Waals surface area contributed by atoms with E-state index in [1.165, 1.54) is 7.11 Å². The number of carbonyl (C=O) groups is 1. The lowest BCUT2D eigenvalue weighted by Crippen LogP contribution is -2.25. The standard InChI is InChI=1S/C10H17NO2/c1-10(2)5-4-8(11)7(6-10)9(12)13-3/h4-6,11H2,1-3H3. The normalized spacial score (nSPS) is 21.5. The van der Waals surface area contributed by atoms with Crippen LogP contribution in [0.4, 0.5) is 0 Å². The number of allylic oxidation sites excluding steroid dienone is 1. The van der Waals surface area contributed by atoms with Crippen molar-refractivity contribution >= 4 is 5.97 Å². The van der Waals surface area contributed by atoms with Gasteiger partial charge < -0.3 is 10.5 Å². The number of methoxy groups -OCH3 is 1. The van der Waals surface area contributed by atoms with Crippen LogP contribution in [0.1, 0.15) is 33.1 Å². The molecule has 0 aromatic heterocycles. The fourth-order valence-corrected chi connectivity index (χ4v) is 1.63. The van der Waals surface area contributed by atoms with E-state index in [1.54, 1.807) is 0 Å². The van der Waals surface area contributed by atoms with Crippen molar-refractivity contribution in [3.05, 3.63) is 11.3 Å². The topological polar surface area (TPSA) is 52.3 Å². The highest BCUT2D eigenvalue weighted by atomic mass is 16.5. The van der Waals surface area contributed by atoms with Gasteiger partial charge in [-0.1, -0.05) is 13.8 Å². The summed E-state index contributed by atoms with van der Waals surface area (Å²) < 4.78 is 4.68. The Kier molecular flexibility index (Phi) is 2.64. The molecule has 1 aliphatic carbocycles. The summed E-state index contributed by atoms with van der Waals surface area (Å²) in [4.78, 5) is 11.3. The van der Waals surface area contributed by atoms with Crippen molar-refractivity contribution in [1.29, 1.82) is 0 Å². The van der Waals surface area contributed by atoms with E-state index < -0.39 is 0 Å². The van der Waals surface area contributed by atoms with Crippen LogP contribution in [0.2, 0.25) is 0 Å². The predicted octanol–water partition coefficient (Wildman–Crippen LogP) is 1.58. The largest absolute Gasteiger partial charge is 0.466 e. The van der Waals surface area contributed by atoms with E-state index in [-0.39, 0.29) is 11.4 Å². The Morgan fingerprint density at radius 3 is 2.69 bits per heavy atom. The third-order valence-corrected chi connectivity index (χ3v) is 2.55. The van der Waals surface area contributed by atoms with Crippen LogP contribution in [-0.4, -0.2) is 13.1 Å². The van der Waals surface area contributed by atoms with Gasteiger partial charge in [-0.05, 0) is 24.7 Å². The van der Waals surface area contributed by atoms with Gasteiger partial charge >= 0.3 is 5.97 Å². The van der Waals surface area contributed by atoms with Crippen LogP contribution in [-0.2, 0) is 9.53 Å². The molecule has 0 atom stereocenters. The van der Waals surface area contributed by atoms with Crippen LogP contribution in [0.25, 0.3) is 0 Å². The summed E-state index contributed by atoms with van der Waals surface area (Å²) in [7, 11) is 1.39. The molecule has 0 radical (unpaired) electrons. The minimum atomic E-state index is -0.273. The Hall–Kier alpha value is -0.990. The van der Waals surface area contributed by atoms with Gasteiger partial charge in [0.25, 0.3) is 0 Å². The minimum absolute atomic E-state index is 0.173. The molecule has 13 heavy (non-hydrogen) atoms. The lowest BCUT2D eigenvalue weighted by atomic mass is 9.76. The number of ether oxygens (including phenoxy) is 1. The molecule has 0 aromatic rings. The van der Waals surface area contributed by atoms with E-state index in [0.717, 1.165) is 19.3 Å². The smallest absolute Gasteiger partial charge is 0.335 e. The maximum Gasteiger partial charge on any atom is 0.335 e. The fourth-order valence-electron chi connectivity index (χ4n) is 1.63. The van der Waals surface area contributed by atoms with Crippen molar-refractivity contribution in [2.24, 2.45) is 11.1 Å². The predicted molar refractivity (Wildman–Crippen MR) is 50.9 cm³/mol. The Balaban J connectivity index is 2.86. The number of rotatable bonds is 1. The van der Waals surface area contributed by atoms with Crippen molar-refractivity contribution in [2.75, 3.05) is 7.11 Å². The highest BCUT2D eigenvalue weighted by Crippen LogP contribution is 2.37. The highest BCUT2D eigenvalue weighted by Gasteiger charge is 2.29. The van der Waals surface area contributed by atoms with Gasteiger partial charge in [-0.15, -0.1) is 0 Å². The maximum atomic E-state index is 11.3. The van der Waals surface area contributed by atoms with Crippen molar-refractivity contribution in [2.45, 2.75) is 33.1 Å². The van der Waals surface area contributed by atoms with Crippen LogP contribution in [0, 0.1) is 5.41 Å². The average molecular weight is 183 g/mol. The van der Waals surface area contributed by atoms with E-state index in [1.807, 2.05) is 0 Å². The summed E-state index contributed by atoms with van der Waals surface area (Å²) in [6, 6.07) is 0. The zero-order chi connectivity index (χ0) is 10.1. The number of hydrogen-bond acceptors (Lipinski definition) is 3. The first-order chi connectivity index (χ1) is 5.96. The summed E-state index contributed by atoms with van der Waals surface area (Å²) in [6.07, 6.45) is 2.57. The second kappa shape index (κ2) is 3.40. The Morgan fingerprint density at radius 2 is 2.15 bits per heavy atom. The van der Waals surface area contributed by atoms with E-state index >= 15 is 0 Å². The average Bonchev–Trinajstić information content (AvgIpc) is 2.08. The first-order valence-electron chi connectivity index (χ1n) is 4.52. The van der Waals surface area contributed by atoms with Crippen molar-refractivity contribution < 1.29 is 9.53 Å². The molecule has 0 saturated heterocycles. The zero-order valence-corrected chi connectivity index (χ0v) is 8.52. The first kappa shape index (κ1) is 10.1. The minimum Gasteiger partial charge on any atom is -0.466 e. The maximum absolute atomic E-state index is 11.3. The van der Waals surface area contributed by atoms with Crippen LogP contribution in [0.3, 0.4) is 0 Å². The molecule has 0 unspecified atom stereocenters. The lowest BCUT2D eigenvalue weighted by Gasteiger charge is -2.30. The van der Waals surface area contributed by atoms with Gasteiger partial charge in [0.05, 0.1) is 12.7 Å². The van der Waals surface area contributed by atoms with Gasteiger partial charge in [-0.3, -0.25) is 0 Å². The van der Waals surface area contributed by atoms with Crippen molar-refractivity contribution in [3.63, 3.8) is 0 Å². The molecule has 0 aromatic carbocycles. The van der Waals surface area contributed by atoms with E-state index in [2.05, 4.69) is 18.6 Å². The quantitative estimate of drug-likeness (QED) is 0.628. The molecule has 1 aliphatic rings. The molecule has 0 heterocycles. The molecule has 3 nitrogen and oxygen atoms in total. The number of nitrogens with two attached hydrogens (primary N) is 1. The third-order valence-electron chi connectivity index (χ3n) is 2.55. The highest BCUT2D eigenvalue weighted by molar-refractivity contribution is 5.89. The van der Waals surface area contributed by atoms with Gasteiger partial charge in [-0.2, -0.15) is 0 Å². The van der Waals surface area contributed by atoms with E-state index in [0.29, 0.717) is 11.3 Å². The van der Waals surface area contributed by atoms with Gasteiger partial charge in [0.2, 0.25) is 0 Å². The summed E-state index contributed by atoms with van der Waals surface area (Å²) >= 11 is 0. The van der Waals surface area contributed by atoms with Crippen LogP contribution >= 0.6 is 0 Å². The molecule has 0 amide bonds. The molecule has 1 rings (SSSR count). The van der Waals surface area contributed by atoms with E-state index in [9.17, 15) is 4.79 Å².